The Kier molecular flexibility index (Phi) is 4.66. The molecule has 0 spiro atoms. The summed E-state index contributed by atoms with van der Waals surface area (Å²) >= 11 is 23.6. The van der Waals surface area contributed by atoms with E-state index < -0.39 is 5.91 Å². The van der Waals surface area contributed by atoms with Crippen LogP contribution in [0.3, 0.4) is 0 Å². The summed E-state index contributed by atoms with van der Waals surface area (Å²) in [5.41, 5.74) is 6.61. The largest absolute Gasteiger partial charge is 0.397 e. The minimum Gasteiger partial charge on any atom is -0.397 e. The number of nitrogen functional groups attached to an aromatic ring is 1. The third-order valence-corrected chi connectivity index (χ3v) is 3.70. The fourth-order valence-electron chi connectivity index (χ4n) is 1.52. The second-order valence-electron chi connectivity index (χ2n) is 3.93. The molecule has 20 heavy (non-hydrogen) atoms. The fraction of sp³-hybridized carbons (Fsp3) is 0. The molecule has 0 saturated heterocycles. The second-order valence-corrected chi connectivity index (χ2v) is 5.59. The van der Waals surface area contributed by atoms with Crippen molar-refractivity contribution in [1.29, 1.82) is 0 Å². The van der Waals surface area contributed by atoms with Crippen LogP contribution in [0, 0.1) is 0 Å². The Bertz CT molecular complexity index is 688. The third kappa shape index (κ3) is 3.30. The van der Waals surface area contributed by atoms with Crippen molar-refractivity contribution in [2.75, 3.05) is 11.1 Å². The van der Waals surface area contributed by atoms with Crippen LogP contribution in [0.2, 0.25) is 20.1 Å². The predicted octanol–water partition coefficient (Wildman–Crippen LogP) is 5.13. The zero-order chi connectivity index (χ0) is 14.9. The highest BCUT2D eigenvalue weighted by Crippen LogP contribution is 2.31. The maximum absolute atomic E-state index is 12.1. The lowest BCUT2D eigenvalue weighted by molar-refractivity contribution is 0.102. The zero-order valence-corrected chi connectivity index (χ0v) is 12.9. The van der Waals surface area contributed by atoms with Crippen molar-refractivity contribution in [2.24, 2.45) is 0 Å². The Morgan fingerprint density at radius 1 is 0.950 bits per heavy atom. The van der Waals surface area contributed by atoms with Gasteiger partial charge < -0.3 is 11.1 Å². The van der Waals surface area contributed by atoms with Crippen LogP contribution in [-0.4, -0.2) is 5.91 Å². The van der Waals surface area contributed by atoms with Crippen molar-refractivity contribution in [3.05, 3.63) is 56.0 Å². The van der Waals surface area contributed by atoms with E-state index in [2.05, 4.69) is 5.32 Å². The summed E-state index contributed by atoms with van der Waals surface area (Å²) in [4.78, 5) is 12.1. The quantitative estimate of drug-likeness (QED) is 0.738. The van der Waals surface area contributed by atoms with Gasteiger partial charge in [0, 0.05) is 5.02 Å². The second kappa shape index (κ2) is 6.10. The van der Waals surface area contributed by atoms with Crippen molar-refractivity contribution in [3.8, 4) is 0 Å². The molecule has 0 aromatic heterocycles. The van der Waals surface area contributed by atoms with Crippen LogP contribution in [0.4, 0.5) is 11.4 Å². The number of carbonyl (C=O) groups excluding carboxylic acids is 1. The molecule has 3 N–H and O–H groups in total. The number of nitrogens with one attached hydrogen (secondary N) is 1. The number of benzene rings is 2. The van der Waals surface area contributed by atoms with Gasteiger partial charge in [-0.15, -0.1) is 0 Å². The fourth-order valence-corrected chi connectivity index (χ4v) is 2.45. The summed E-state index contributed by atoms with van der Waals surface area (Å²) < 4.78 is 0. The van der Waals surface area contributed by atoms with E-state index >= 15 is 0 Å². The molecule has 104 valence electrons. The van der Waals surface area contributed by atoms with Crippen molar-refractivity contribution in [2.45, 2.75) is 0 Å². The maximum atomic E-state index is 12.1. The molecule has 7 heteroatoms. The van der Waals surface area contributed by atoms with E-state index in [1.807, 2.05) is 0 Å². The molecule has 0 heterocycles. The molecule has 0 aliphatic rings. The van der Waals surface area contributed by atoms with Gasteiger partial charge in [-0.25, -0.2) is 0 Å². The highest BCUT2D eigenvalue weighted by molar-refractivity contribution is 6.39. The van der Waals surface area contributed by atoms with Gasteiger partial charge in [-0.2, -0.15) is 0 Å². The minimum atomic E-state index is -0.421. The Labute approximate surface area is 135 Å². The molecule has 0 aliphatic carbocycles. The summed E-state index contributed by atoms with van der Waals surface area (Å²) in [6.45, 7) is 0. The van der Waals surface area contributed by atoms with Crippen LogP contribution in [0.5, 0.6) is 0 Å². The van der Waals surface area contributed by atoms with Crippen LogP contribution in [0.1, 0.15) is 10.4 Å². The molecular weight excluding hydrogens is 342 g/mol. The molecule has 0 atom stereocenters. The van der Waals surface area contributed by atoms with E-state index in [1.54, 1.807) is 6.07 Å². The van der Waals surface area contributed by atoms with Crippen LogP contribution in [0.15, 0.2) is 30.3 Å². The topological polar surface area (TPSA) is 55.1 Å². The first-order chi connectivity index (χ1) is 9.38. The Morgan fingerprint density at radius 2 is 1.65 bits per heavy atom. The van der Waals surface area contributed by atoms with Gasteiger partial charge in [0.2, 0.25) is 0 Å². The smallest absolute Gasteiger partial charge is 0.257 e. The van der Waals surface area contributed by atoms with E-state index in [0.29, 0.717) is 21.4 Å². The Morgan fingerprint density at radius 3 is 2.30 bits per heavy atom. The van der Waals surface area contributed by atoms with E-state index in [1.165, 1.54) is 24.3 Å². The summed E-state index contributed by atoms with van der Waals surface area (Å²) in [5.74, 6) is -0.421. The number of halogens is 4. The molecule has 1 amide bonds. The molecule has 0 unspecified atom stereocenters. The van der Waals surface area contributed by atoms with Gasteiger partial charge >= 0.3 is 0 Å². The lowest BCUT2D eigenvalue weighted by atomic mass is 10.2. The number of amides is 1. The molecule has 3 nitrogen and oxygen atoms in total. The predicted molar refractivity (Wildman–Crippen MR) is 85.3 cm³/mol. The Hall–Kier alpha value is -1.13. The molecule has 0 saturated carbocycles. The molecule has 2 rings (SSSR count). The molecular formula is C13H8Cl4N2O. The van der Waals surface area contributed by atoms with Crippen LogP contribution >= 0.6 is 46.4 Å². The third-order valence-electron chi connectivity index (χ3n) is 2.51. The number of hydrogen-bond donors (Lipinski definition) is 2. The van der Waals surface area contributed by atoms with Gasteiger partial charge in [0.1, 0.15) is 0 Å². The average molecular weight is 350 g/mol. The van der Waals surface area contributed by atoms with E-state index in [4.69, 9.17) is 52.1 Å². The summed E-state index contributed by atoms with van der Waals surface area (Å²) in [5, 5.41) is 3.90. The van der Waals surface area contributed by atoms with Crippen molar-refractivity contribution in [1.82, 2.24) is 0 Å². The number of nitrogens with two attached hydrogens (primary N) is 1. The number of hydrogen-bond acceptors (Lipinski definition) is 2. The van der Waals surface area contributed by atoms with E-state index in [0.717, 1.165) is 0 Å². The lowest BCUT2D eigenvalue weighted by Crippen LogP contribution is -2.13. The van der Waals surface area contributed by atoms with Gasteiger partial charge in [-0.1, -0.05) is 46.4 Å². The minimum absolute atomic E-state index is 0.244. The molecule has 0 fully saturated rings. The van der Waals surface area contributed by atoms with Gasteiger partial charge in [0.25, 0.3) is 5.91 Å². The van der Waals surface area contributed by atoms with Crippen molar-refractivity contribution in [3.63, 3.8) is 0 Å². The zero-order valence-electron chi connectivity index (χ0n) is 9.88. The van der Waals surface area contributed by atoms with Gasteiger partial charge in [-0.3, -0.25) is 4.79 Å². The standard InChI is InChI=1S/C13H8Cl4N2O/c14-6-1-2-7(8(15)3-6)13(20)19-12-5-11(18)9(16)4-10(12)17/h1-5H,18H2,(H,19,20). The average Bonchev–Trinajstić information content (AvgIpc) is 2.35. The Balaban J connectivity index is 2.30. The normalized spacial score (nSPS) is 10.4. The number of rotatable bonds is 2. The highest BCUT2D eigenvalue weighted by atomic mass is 35.5. The van der Waals surface area contributed by atoms with Crippen molar-refractivity contribution < 1.29 is 4.79 Å². The molecule has 2 aromatic carbocycles. The number of anilines is 2. The summed E-state index contributed by atoms with van der Waals surface area (Å²) in [6, 6.07) is 7.51. The molecule has 2 aromatic rings. The lowest BCUT2D eigenvalue weighted by Gasteiger charge is -2.10. The first kappa shape index (κ1) is 15.3. The van der Waals surface area contributed by atoms with Gasteiger partial charge in [0.05, 0.1) is 32.0 Å². The van der Waals surface area contributed by atoms with E-state index in [9.17, 15) is 4.79 Å². The number of carbonyl (C=O) groups is 1. The first-order valence-electron chi connectivity index (χ1n) is 5.39. The monoisotopic (exact) mass is 348 g/mol. The van der Waals surface area contributed by atoms with Gasteiger partial charge in [0.15, 0.2) is 0 Å². The summed E-state index contributed by atoms with van der Waals surface area (Å²) in [6.07, 6.45) is 0. The summed E-state index contributed by atoms with van der Waals surface area (Å²) in [7, 11) is 0. The molecule has 0 radical (unpaired) electrons. The van der Waals surface area contributed by atoms with Crippen LogP contribution < -0.4 is 11.1 Å². The van der Waals surface area contributed by atoms with Gasteiger partial charge in [-0.05, 0) is 30.3 Å². The highest BCUT2D eigenvalue weighted by Gasteiger charge is 2.13. The van der Waals surface area contributed by atoms with Crippen molar-refractivity contribution >= 4 is 63.7 Å². The maximum Gasteiger partial charge on any atom is 0.257 e. The molecule has 0 aliphatic heterocycles. The van der Waals surface area contributed by atoms with Crippen LogP contribution in [-0.2, 0) is 0 Å². The molecule has 0 bridgehead atoms. The van der Waals surface area contributed by atoms with Crippen LogP contribution in [0.25, 0.3) is 0 Å². The van der Waals surface area contributed by atoms with E-state index in [-0.39, 0.29) is 15.6 Å². The first-order valence-corrected chi connectivity index (χ1v) is 6.90. The SMILES string of the molecule is Nc1cc(NC(=O)c2ccc(Cl)cc2Cl)c(Cl)cc1Cl.